The van der Waals surface area contributed by atoms with Crippen molar-refractivity contribution in [3.8, 4) is 39.3 Å². The Balaban J connectivity index is 1.04. The molecule has 0 amide bonds. The minimum absolute atomic E-state index is 0.0691. The van der Waals surface area contributed by atoms with Crippen LogP contribution in [0.15, 0.2) is 255 Å². The molecule has 7 heterocycles. The van der Waals surface area contributed by atoms with Gasteiger partial charge < -0.3 is 18.1 Å². The van der Waals surface area contributed by atoms with Crippen molar-refractivity contribution in [3.63, 3.8) is 0 Å². The molecule has 0 N–H and O–H groups in total. The van der Waals surface area contributed by atoms with E-state index in [1.807, 2.05) is 18.2 Å². The molecular weight excluding hydrogens is 1150 g/mol. The SMILES string of the molecule is [2H]c1c([2H])c([2H])c(-c2cc3c4c(c2)c2cc(C(C)(C)C)ccc2n4-c2cc4c(c5c2B3c2cc(-c3c([2H])c([2H])c([2H])c([2H])c3[2H])cc3c6cc(-n7c8ccc(C(C)(C)C)cc8c8cc(C(C)(C)C)ccc87)ccc6n-5c23)c2cccc3c5ccccc5c5ccccc5c5ccccc5n4c32)c([2H])c1[2H]. The summed E-state index contributed by atoms with van der Waals surface area (Å²) in [6.07, 6.45) is 0. The molecule has 0 aliphatic carbocycles. The van der Waals surface area contributed by atoms with Crippen LogP contribution in [0.4, 0.5) is 0 Å². The van der Waals surface area contributed by atoms with Gasteiger partial charge in [0.1, 0.15) is 0 Å². The van der Waals surface area contributed by atoms with Crippen LogP contribution in [0, 0.1) is 0 Å². The van der Waals surface area contributed by atoms with Crippen LogP contribution >= 0.6 is 0 Å². The van der Waals surface area contributed by atoms with Crippen molar-refractivity contribution in [2.45, 2.75) is 78.6 Å². The number of hydrogen-bond donors (Lipinski definition) is 0. The molecule has 20 rings (SSSR count). The molecular formula is C90H69BN4. The lowest BCUT2D eigenvalue weighted by atomic mass is 9.34. The number of benzene rings is 13. The monoisotopic (exact) mass is 1230 g/mol. The quantitative estimate of drug-likeness (QED) is 0.157. The van der Waals surface area contributed by atoms with Crippen LogP contribution in [0.2, 0.25) is 0 Å². The summed E-state index contributed by atoms with van der Waals surface area (Å²) in [7, 11) is 0. The number of hydrogen-bond acceptors (Lipinski definition) is 0. The zero-order valence-electron chi connectivity index (χ0n) is 64.3. The summed E-state index contributed by atoms with van der Waals surface area (Å²) < 4.78 is 103. The lowest BCUT2D eigenvalue weighted by Crippen LogP contribution is -2.59. The van der Waals surface area contributed by atoms with E-state index in [1.54, 1.807) is 0 Å². The summed E-state index contributed by atoms with van der Waals surface area (Å²) >= 11 is 0. The van der Waals surface area contributed by atoms with Crippen molar-refractivity contribution >= 4 is 148 Å². The summed E-state index contributed by atoms with van der Waals surface area (Å²) in [6.45, 7) is 19.4. The first-order valence-corrected chi connectivity index (χ1v) is 33.1. The average Bonchev–Trinajstić information content (AvgIpc) is 1.51. The number of nitrogens with zero attached hydrogens (tertiary/aromatic N) is 4. The molecule has 0 saturated carbocycles. The van der Waals surface area contributed by atoms with Crippen LogP contribution in [-0.2, 0) is 16.2 Å². The number of rotatable bonds is 3. The molecule has 452 valence electrons. The van der Waals surface area contributed by atoms with Crippen LogP contribution in [-0.4, -0.2) is 24.8 Å². The number of aromatic nitrogens is 4. The summed E-state index contributed by atoms with van der Waals surface area (Å²) in [6, 6.07) is 66.8. The molecule has 0 bridgehead atoms. The Hall–Kier alpha value is -10.9. The Labute approximate surface area is 566 Å². The Morgan fingerprint density at radius 3 is 1.28 bits per heavy atom. The van der Waals surface area contributed by atoms with E-state index in [0.717, 1.165) is 164 Å². The second-order valence-corrected chi connectivity index (χ2v) is 29.7. The predicted molar refractivity (Wildman–Crippen MR) is 408 cm³/mol. The second-order valence-electron chi connectivity index (χ2n) is 29.7. The van der Waals surface area contributed by atoms with E-state index in [-0.39, 0.29) is 51.5 Å². The topological polar surface area (TPSA) is 19.2 Å². The Morgan fingerprint density at radius 2 is 0.737 bits per heavy atom. The summed E-state index contributed by atoms with van der Waals surface area (Å²) in [4.78, 5) is 0. The normalized spacial score (nSPS) is 14.8. The van der Waals surface area contributed by atoms with Crippen molar-refractivity contribution in [1.82, 2.24) is 18.1 Å². The molecule has 5 aromatic heterocycles. The molecule has 0 unspecified atom stereocenters. The zero-order chi connectivity index (χ0) is 72.6. The van der Waals surface area contributed by atoms with Gasteiger partial charge in [0, 0.05) is 76.3 Å². The number of para-hydroxylation sites is 2. The van der Waals surface area contributed by atoms with Gasteiger partial charge in [0.05, 0.1) is 58.0 Å². The second kappa shape index (κ2) is 18.9. The predicted octanol–water partition coefficient (Wildman–Crippen LogP) is 21.9. The molecule has 2 aliphatic heterocycles. The highest BCUT2D eigenvalue weighted by Crippen LogP contribution is 2.49. The van der Waals surface area contributed by atoms with Gasteiger partial charge in [-0.15, -0.1) is 0 Å². The minimum atomic E-state index is -0.708. The third-order valence-electron chi connectivity index (χ3n) is 21.3. The Morgan fingerprint density at radius 1 is 0.305 bits per heavy atom. The van der Waals surface area contributed by atoms with Gasteiger partial charge in [-0.2, -0.15) is 0 Å². The van der Waals surface area contributed by atoms with Gasteiger partial charge in [0.2, 0.25) is 0 Å². The molecule has 2 aliphatic rings. The lowest BCUT2D eigenvalue weighted by Gasteiger charge is -2.35. The van der Waals surface area contributed by atoms with Crippen LogP contribution in [0.3, 0.4) is 0 Å². The van der Waals surface area contributed by atoms with Crippen LogP contribution in [0.1, 0.15) is 92.7 Å². The van der Waals surface area contributed by atoms with E-state index in [9.17, 15) is 8.22 Å². The fourth-order valence-corrected chi connectivity index (χ4v) is 16.8. The minimum Gasteiger partial charge on any atom is -0.310 e. The molecule has 0 saturated heterocycles. The van der Waals surface area contributed by atoms with Gasteiger partial charge in [0.25, 0.3) is 6.71 Å². The van der Waals surface area contributed by atoms with E-state index < -0.39 is 43.0 Å². The van der Waals surface area contributed by atoms with E-state index in [2.05, 4.69) is 256 Å². The van der Waals surface area contributed by atoms with Crippen molar-refractivity contribution in [2.24, 2.45) is 0 Å². The molecule has 4 nitrogen and oxygen atoms in total. The first kappa shape index (κ1) is 45.4. The van der Waals surface area contributed by atoms with Gasteiger partial charge in [0.15, 0.2) is 0 Å². The maximum absolute atomic E-state index is 9.79. The van der Waals surface area contributed by atoms with Gasteiger partial charge in [-0.1, -0.05) is 238 Å². The lowest BCUT2D eigenvalue weighted by molar-refractivity contribution is 0.590. The van der Waals surface area contributed by atoms with Crippen molar-refractivity contribution < 1.29 is 13.7 Å². The fourth-order valence-electron chi connectivity index (χ4n) is 16.8. The van der Waals surface area contributed by atoms with E-state index in [1.165, 1.54) is 11.1 Å². The Kier molecular flexibility index (Phi) is 9.05. The van der Waals surface area contributed by atoms with E-state index in [0.29, 0.717) is 11.1 Å². The van der Waals surface area contributed by atoms with Gasteiger partial charge in [-0.25, -0.2) is 0 Å². The number of fused-ring (bicyclic) bond motifs is 24. The maximum atomic E-state index is 9.79. The highest BCUT2D eigenvalue weighted by molar-refractivity contribution is 7.00. The molecule has 5 heteroatoms. The van der Waals surface area contributed by atoms with Crippen molar-refractivity contribution in [1.29, 1.82) is 0 Å². The third-order valence-corrected chi connectivity index (χ3v) is 21.3. The standard InChI is InChI=1S/C90H69BN4/c1-88(2,3)56-35-39-76-67(47-56)68-48-57(89(4,5)6)36-40-77(68)92(76)59-38-42-79-70(50-59)72-44-55(53-25-14-11-15-26-53)46-74-86(72)95(79)87-82-66-33-22-32-65-63-30-19-17-28-61(63)60-27-16-18-29-62(60)64-31-20-21-34-75(64)93(84(65)66)80(82)51-81-83(87)91(74)73-45-54(52-23-12-10-13-24-52)43-71-69-49-58(90(7,8)9)37-41-78(69)94(81)85(71)73/h10-51H,1-9H3/i10D,11D,12D,13D,14D,15D,23D,24D,25D,26D. The maximum Gasteiger partial charge on any atom is 0.252 e. The van der Waals surface area contributed by atoms with Gasteiger partial charge in [-0.3, -0.25) is 0 Å². The highest BCUT2D eigenvalue weighted by Gasteiger charge is 2.44. The molecule has 0 radical (unpaired) electrons. The van der Waals surface area contributed by atoms with Crippen molar-refractivity contribution in [3.05, 3.63) is 271 Å². The molecule has 95 heavy (non-hydrogen) atoms. The third kappa shape index (κ3) is 7.50. The average molecular weight is 1230 g/mol. The summed E-state index contributed by atoms with van der Waals surface area (Å²) in [5, 5.41) is 14.3. The smallest absolute Gasteiger partial charge is 0.252 e. The molecule has 0 atom stereocenters. The van der Waals surface area contributed by atoms with Gasteiger partial charge in [-0.05, 0) is 172 Å². The fraction of sp³-hybridized carbons (Fsp3) is 0.133. The molecule has 0 spiro atoms. The van der Waals surface area contributed by atoms with Crippen LogP contribution in [0.25, 0.3) is 164 Å². The van der Waals surface area contributed by atoms with Crippen LogP contribution < -0.4 is 16.4 Å². The highest BCUT2D eigenvalue weighted by atomic mass is 15.1. The van der Waals surface area contributed by atoms with Gasteiger partial charge >= 0.3 is 0 Å². The van der Waals surface area contributed by atoms with E-state index in [4.69, 9.17) is 5.48 Å². The Bertz CT molecular complexity index is 7040. The molecule has 13 aromatic carbocycles. The van der Waals surface area contributed by atoms with E-state index >= 15 is 0 Å². The zero-order valence-corrected chi connectivity index (χ0v) is 54.3. The molecule has 18 aromatic rings. The first-order valence-electron chi connectivity index (χ1n) is 38.1. The van der Waals surface area contributed by atoms with Crippen molar-refractivity contribution in [2.75, 3.05) is 0 Å². The summed E-state index contributed by atoms with van der Waals surface area (Å²) in [5.41, 5.74) is 18.0. The largest absolute Gasteiger partial charge is 0.310 e. The molecule has 0 fully saturated rings. The first-order chi connectivity index (χ1) is 50.2. The summed E-state index contributed by atoms with van der Waals surface area (Å²) in [5.74, 6) is 0. The van der Waals surface area contributed by atoms with Crippen LogP contribution in [0.5, 0.6) is 0 Å².